The van der Waals surface area contributed by atoms with Crippen LogP contribution >= 0.6 is 0 Å². The molecule has 9 heteroatoms. The molecule has 1 aromatic heterocycles. The Hall–Kier alpha value is -2.68. The van der Waals surface area contributed by atoms with E-state index < -0.39 is 17.8 Å². The third-order valence-corrected chi connectivity index (χ3v) is 6.09. The number of rotatable bonds is 14. The second-order valence-electron chi connectivity index (χ2n) is 9.25. The molecule has 2 aromatic rings. The molecule has 1 amide bonds. The van der Waals surface area contributed by atoms with Crippen LogP contribution in [0.1, 0.15) is 76.6 Å². The molecular formula is C25H39FN4O4. The lowest BCUT2D eigenvalue weighted by Crippen LogP contribution is -2.35. The Kier molecular flexibility index (Phi) is 10.8. The van der Waals surface area contributed by atoms with Gasteiger partial charge in [-0.15, -0.1) is 0 Å². The Labute approximate surface area is 201 Å². The first-order valence-electron chi connectivity index (χ1n) is 12.1. The van der Waals surface area contributed by atoms with Crippen LogP contribution in [0.25, 0.3) is 0 Å². The molecule has 2 rings (SSSR count). The molecule has 34 heavy (non-hydrogen) atoms. The topological polar surface area (TPSA) is 101 Å². The van der Waals surface area contributed by atoms with Crippen molar-refractivity contribution in [3.63, 3.8) is 0 Å². The van der Waals surface area contributed by atoms with Gasteiger partial charge < -0.3 is 24.6 Å². The maximum Gasteiger partial charge on any atom is 0.266 e. The molecule has 0 saturated carbocycles. The highest BCUT2D eigenvalue weighted by molar-refractivity contribution is 5.94. The molecule has 0 radical (unpaired) electrons. The fourth-order valence-corrected chi connectivity index (χ4v) is 3.40. The van der Waals surface area contributed by atoms with Crippen LogP contribution in [0.4, 0.5) is 10.3 Å². The first-order chi connectivity index (χ1) is 16.2. The maximum absolute atomic E-state index is 14.3. The third kappa shape index (κ3) is 7.97. The van der Waals surface area contributed by atoms with Crippen LogP contribution in [-0.2, 0) is 0 Å². The highest BCUT2D eigenvalue weighted by Crippen LogP contribution is 2.23. The van der Waals surface area contributed by atoms with Crippen molar-refractivity contribution in [3.05, 3.63) is 35.5 Å². The van der Waals surface area contributed by atoms with E-state index in [0.29, 0.717) is 36.0 Å². The molecule has 0 saturated heterocycles. The van der Waals surface area contributed by atoms with Crippen LogP contribution in [-0.4, -0.2) is 53.5 Å². The molecule has 0 aliphatic carbocycles. The molecule has 1 aromatic carbocycles. The van der Waals surface area contributed by atoms with E-state index in [9.17, 15) is 9.18 Å². The summed E-state index contributed by atoms with van der Waals surface area (Å²) in [7, 11) is 0. The molecule has 0 aliphatic rings. The van der Waals surface area contributed by atoms with E-state index in [1.807, 2.05) is 13.8 Å². The second kappa shape index (κ2) is 13.3. The average molecular weight is 479 g/mol. The van der Waals surface area contributed by atoms with Gasteiger partial charge in [-0.3, -0.25) is 4.79 Å². The molecule has 0 aliphatic heterocycles. The molecule has 1 heterocycles. The number of carbonyl (C=O) groups is 1. The zero-order valence-corrected chi connectivity index (χ0v) is 21.2. The zero-order valence-electron chi connectivity index (χ0n) is 21.2. The molecule has 0 fully saturated rings. The summed E-state index contributed by atoms with van der Waals surface area (Å²) in [6.07, 6.45) is 1.80. The second-order valence-corrected chi connectivity index (χ2v) is 9.25. The van der Waals surface area contributed by atoms with E-state index in [1.54, 1.807) is 13.0 Å². The largest absolute Gasteiger partial charge is 0.493 e. The van der Waals surface area contributed by atoms with Gasteiger partial charge in [0.1, 0.15) is 11.6 Å². The minimum absolute atomic E-state index is 0.0720. The number of benzene rings is 1. The predicted octanol–water partition coefficient (Wildman–Crippen LogP) is 4.40. The van der Waals surface area contributed by atoms with E-state index in [1.165, 1.54) is 12.1 Å². The summed E-state index contributed by atoms with van der Waals surface area (Å²) < 4.78 is 25.4. The minimum atomic E-state index is -0.650. The van der Waals surface area contributed by atoms with Crippen molar-refractivity contribution in [3.8, 4) is 5.75 Å². The van der Waals surface area contributed by atoms with Gasteiger partial charge in [0, 0.05) is 31.1 Å². The molecule has 0 bridgehead atoms. The normalized spacial score (nSPS) is 14.0. The van der Waals surface area contributed by atoms with E-state index >= 15 is 0 Å². The van der Waals surface area contributed by atoms with Crippen molar-refractivity contribution < 1.29 is 23.6 Å². The number of nitrogens with one attached hydrogen (secondary N) is 1. The lowest BCUT2D eigenvalue weighted by Gasteiger charge is -2.24. The Morgan fingerprint density at radius 3 is 2.50 bits per heavy atom. The van der Waals surface area contributed by atoms with Gasteiger partial charge in [0.05, 0.1) is 18.8 Å². The van der Waals surface area contributed by atoms with Crippen LogP contribution in [0.3, 0.4) is 0 Å². The summed E-state index contributed by atoms with van der Waals surface area (Å²) in [5, 5.41) is 15.7. The Morgan fingerprint density at radius 2 is 1.91 bits per heavy atom. The van der Waals surface area contributed by atoms with Gasteiger partial charge in [0.15, 0.2) is 0 Å². The highest BCUT2D eigenvalue weighted by atomic mass is 19.1. The standard InChI is InChI=1S/C25H39FN4O4/c1-7-30(25-28-24(16(2)3)34-29-25)12-10-17(4)18(5)11-13-33-20-8-9-21(22(26)14-20)23(32)27-19(6)15-31/h8-9,14,16-19,31H,7,10-13,15H2,1-6H3,(H,27,32)/t17?,18-,19-/m1/s1. The predicted molar refractivity (Wildman–Crippen MR) is 130 cm³/mol. The number of aliphatic hydroxyl groups is 1. The van der Waals surface area contributed by atoms with Gasteiger partial charge in [-0.25, -0.2) is 4.39 Å². The van der Waals surface area contributed by atoms with Crippen LogP contribution in [0.5, 0.6) is 5.75 Å². The molecule has 2 N–H and O–H groups in total. The number of halogens is 1. The fraction of sp³-hybridized carbons (Fsp3) is 0.640. The van der Waals surface area contributed by atoms with Crippen LogP contribution < -0.4 is 15.0 Å². The summed E-state index contributed by atoms with van der Waals surface area (Å²) in [6, 6.07) is 3.77. The Bertz CT molecular complexity index is 905. The fourth-order valence-electron chi connectivity index (χ4n) is 3.40. The number of ether oxygens (including phenoxy) is 1. The lowest BCUT2D eigenvalue weighted by molar-refractivity contribution is 0.0918. The molecule has 8 nitrogen and oxygen atoms in total. The summed E-state index contributed by atoms with van der Waals surface area (Å²) in [5.74, 6) is 1.53. The molecule has 3 atom stereocenters. The van der Waals surface area contributed by atoms with Crippen molar-refractivity contribution in [1.82, 2.24) is 15.5 Å². The average Bonchev–Trinajstić information content (AvgIpc) is 3.29. The van der Waals surface area contributed by atoms with Crippen molar-refractivity contribution in [2.45, 2.75) is 66.3 Å². The summed E-state index contributed by atoms with van der Waals surface area (Å²) in [4.78, 5) is 18.7. The number of aliphatic hydroxyl groups excluding tert-OH is 1. The monoisotopic (exact) mass is 478 g/mol. The van der Waals surface area contributed by atoms with Crippen molar-refractivity contribution in [2.75, 3.05) is 31.2 Å². The van der Waals surface area contributed by atoms with E-state index in [2.05, 4.69) is 41.1 Å². The first-order valence-corrected chi connectivity index (χ1v) is 12.1. The SMILES string of the molecule is CCN(CCC(C)[C@H](C)CCOc1ccc(C(=O)N[C@H](C)CO)c(F)c1)c1noc(C(C)C)n1. The van der Waals surface area contributed by atoms with Crippen LogP contribution in [0.2, 0.25) is 0 Å². The Morgan fingerprint density at radius 1 is 1.21 bits per heavy atom. The number of carbonyl (C=O) groups excluding carboxylic acids is 1. The van der Waals surface area contributed by atoms with Gasteiger partial charge >= 0.3 is 0 Å². The molecule has 0 spiro atoms. The molecule has 190 valence electrons. The van der Waals surface area contributed by atoms with Crippen molar-refractivity contribution >= 4 is 11.9 Å². The molecular weight excluding hydrogens is 439 g/mol. The quantitative estimate of drug-likeness (QED) is 0.415. The van der Waals surface area contributed by atoms with E-state index in [4.69, 9.17) is 14.4 Å². The maximum atomic E-state index is 14.3. The zero-order chi connectivity index (χ0) is 25.3. The summed E-state index contributed by atoms with van der Waals surface area (Å²) in [6.45, 7) is 14.1. The number of hydrogen-bond donors (Lipinski definition) is 2. The van der Waals surface area contributed by atoms with Crippen LogP contribution in [0, 0.1) is 17.7 Å². The van der Waals surface area contributed by atoms with Crippen molar-refractivity contribution in [1.29, 1.82) is 0 Å². The number of aromatic nitrogens is 2. The van der Waals surface area contributed by atoms with Gasteiger partial charge in [-0.2, -0.15) is 4.98 Å². The smallest absolute Gasteiger partial charge is 0.266 e. The number of anilines is 1. The number of hydrogen-bond acceptors (Lipinski definition) is 7. The summed E-state index contributed by atoms with van der Waals surface area (Å²) >= 11 is 0. The minimum Gasteiger partial charge on any atom is -0.493 e. The first kappa shape index (κ1) is 27.6. The van der Waals surface area contributed by atoms with E-state index in [0.717, 1.165) is 25.9 Å². The highest BCUT2D eigenvalue weighted by Gasteiger charge is 2.19. The van der Waals surface area contributed by atoms with Gasteiger partial charge in [-0.1, -0.05) is 27.7 Å². The third-order valence-electron chi connectivity index (χ3n) is 6.09. The number of nitrogens with zero attached hydrogens (tertiary/aromatic N) is 3. The Balaban J connectivity index is 1.79. The van der Waals surface area contributed by atoms with Gasteiger partial charge in [0.25, 0.3) is 11.9 Å². The lowest BCUT2D eigenvalue weighted by atomic mass is 9.90. The number of amides is 1. The summed E-state index contributed by atoms with van der Waals surface area (Å²) in [5.41, 5.74) is -0.0720. The van der Waals surface area contributed by atoms with Crippen LogP contribution in [0.15, 0.2) is 22.7 Å². The van der Waals surface area contributed by atoms with Gasteiger partial charge in [-0.05, 0) is 55.8 Å². The van der Waals surface area contributed by atoms with Crippen molar-refractivity contribution in [2.24, 2.45) is 11.8 Å². The van der Waals surface area contributed by atoms with E-state index in [-0.39, 0.29) is 18.1 Å². The molecule has 1 unspecified atom stereocenters. The van der Waals surface area contributed by atoms with Gasteiger partial charge in [0.2, 0.25) is 5.89 Å².